The van der Waals surface area contributed by atoms with Crippen molar-refractivity contribution >= 4 is 131 Å². The summed E-state index contributed by atoms with van der Waals surface area (Å²) in [5, 5.41) is 53.3. The van der Waals surface area contributed by atoms with Crippen LogP contribution in [0.1, 0.15) is 142 Å². The number of aryl methyl sites for hydroxylation is 5. The van der Waals surface area contributed by atoms with Crippen LogP contribution >= 0.6 is 0 Å². The normalized spacial score (nSPS) is 17.4. The highest BCUT2D eigenvalue weighted by Gasteiger charge is 2.32. The minimum atomic E-state index is -0.397. The molecule has 1 atom stereocenters. The number of pyridine rings is 6. The van der Waals surface area contributed by atoms with E-state index < -0.39 is 11.6 Å². The first kappa shape index (κ1) is 89.3. The van der Waals surface area contributed by atoms with Crippen LogP contribution in [0.5, 0.6) is 0 Å². The molecule has 18 heterocycles. The maximum absolute atomic E-state index is 13.6. The Morgan fingerprint density at radius 1 is 0.331 bits per heavy atom. The largest absolute Gasteiger partial charge is 0.337 e. The Hall–Kier alpha value is -13.0. The lowest BCUT2D eigenvalue weighted by Crippen LogP contribution is -2.33. The summed E-state index contributed by atoms with van der Waals surface area (Å²) in [5.74, 6) is 2.16. The van der Waals surface area contributed by atoms with Crippen LogP contribution in [0, 0.1) is 23.5 Å². The van der Waals surface area contributed by atoms with Crippen molar-refractivity contribution in [3.63, 3.8) is 0 Å². The second kappa shape index (κ2) is 38.3. The molecule has 12 aromatic heterocycles. The molecular weight excluding hydrogens is 1690 g/mol. The van der Waals surface area contributed by atoms with E-state index >= 15 is 0 Å². The van der Waals surface area contributed by atoms with E-state index in [4.69, 9.17) is 19.8 Å². The summed E-state index contributed by atoms with van der Waals surface area (Å²) >= 11 is 0. The van der Waals surface area contributed by atoms with Gasteiger partial charge in [-0.15, -0.1) is 0 Å². The number of fused-ring (bicyclic) bond motifs is 18. The highest BCUT2D eigenvalue weighted by molar-refractivity contribution is 6.10. The van der Waals surface area contributed by atoms with Crippen LogP contribution in [0.2, 0.25) is 0 Å². The van der Waals surface area contributed by atoms with E-state index in [1.807, 2.05) is 137 Å². The lowest BCUT2D eigenvalue weighted by Gasteiger charge is -2.31. The number of hydrogen-bond acceptors (Lipinski definition) is 19. The first-order valence-corrected chi connectivity index (χ1v) is 47.0. The number of H-pyrrole nitrogens is 6. The van der Waals surface area contributed by atoms with Gasteiger partial charge in [0.15, 0.2) is 0 Å². The third kappa shape index (κ3) is 17.9. The SMILES string of the molecule is CCCN1CCC(c2nn(C)c3[nH]c(=O)c4ccccc4c23)CC1.CN1CCC(Cc2nn(C)c3[nH]c(=O)c4cc(F)ccc4c23)CC1.CN1CCC(c2nn(C)c3[nH]c(=O)c4ccccc4c23)C1.Cn1nc(C2CCNCC2)c2c3ccccc3c(=O)[nH]c21.Cn1nc(CC2CCNCC2)c2c3ccc(F)cc3c(=O)[nH]c21.O=c1[nH]c2onc(C3CCNCC3)c2c2ccccc12. The van der Waals surface area contributed by atoms with Crippen molar-refractivity contribution in [1.29, 1.82) is 0 Å². The molecule has 24 rings (SSSR count). The van der Waals surface area contributed by atoms with Crippen LogP contribution in [-0.4, -0.2) is 198 Å². The third-order valence-corrected chi connectivity index (χ3v) is 28.3. The molecular formula is C101H115F2N23O7. The van der Waals surface area contributed by atoms with Crippen molar-refractivity contribution < 1.29 is 13.3 Å². The Morgan fingerprint density at radius 2 is 0.654 bits per heavy atom. The number of nitrogens with zero attached hydrogens (tertiary/aromatic N) is 14. The van der Waals surface area contributed by atoms with E-state index in [1.165, 1.54) is 37.2 Å². The van der Waals surface area contributed by atoms with E-state index in [2.05, 4.69) is 96.9 Å². The molecule has 0 aliphatic carbocycles. The van der Waals surface area contributed by atoms with Gasteiger partial charge in [-0.1, -0.05) is 97.0 Å². The summed E-state index contributed by atoms with van der Waals surface area (Å²) in [5.41, 5.74) is 9.95. The molecule has 0 amide bonds. The van der Waals surface area contributed by atoms with Crippen molar-refractivity contribution in [3.8, 4) is 0 Å². The van der Waals surface area contributed by atoms with Gasteiger partial charge >= 0.3 is 0 Å². The predicted octanol–water partition coefficient (Wildman–Crippen LogP) is 13.4. The van der Waals surface area contributed by atoms with Gasteiger partial charge in [-0.25, -0.2) is 8.78 Å². The Morgan fingerprint density at radius 3 is 1.06 bits per heavy atom. The number of hydrogen-bond donors (Lipinski definition) is 9. The van der Waals surface area contributed by atoms with Crippen LogP contribution < -0.4 is 49.3 Å². The lowest BCUT2D eigenvalue weighted by atomic mass is 9.91. The van der Waals surface area contributed by atoms with Crippen LogP contribution in [0.15, 0.2) is 167 Å². The zero-order valence-electron chi connectivity index (χ0n) is 76.6. The van der Waals surface area contributed by atoms with Gasteiger partial charge in [0.25, 0.3) is 33.4 Å². The zero-order valence-corrected chi connectivity index (χ0v) is 76.6. The monoisotopic (exact) mass is 1800 g/mol. The highest BCUT2D eigenvalue weighted by Crippen LogP contribution is 2.40. The molecule has 6 aromatic carbocycles. The fraction of sp³-hybridized carbons (Fsp3) is 0.406. The molecule has 1 unspecified atom stereocenters. The van der Waals surface area contributed by atoms with Crippen molar-refractivity contribution in [1.82, 2.24) is 115 Å². The van der Waals surface area contributed by atoms with Gasteiger partial charge < -0.3 is 60.1 Å². The number of aromatic nitrogens is 17. The number of piperidine rings is 5. The molecule has 30 nitrogen and oxygen atoms in total. The Labute approximate surface area is 762 Å². The van der Waals surface area contributed by atoms with Gasteiger partial charge in [-0.3, -0.25) is 57.2 Å². The van der Waals surface area contributed by atoms with Crippen LogP contribution in [-0.2, 0) is 48.1 Å². The number of benzene rings is 6. The summed E-state index contributed by atoms with van der Waals surface area (Å²) in [7, 11) is 13.7. The molecule has 18 aromatic rings. The van der Waals surface area contributed by atoms with E-state index in [-0.39, 0.29) is 33.4 Å². The number of halogens is 2. The summed E-state index contributed by atoms with van der Waals surface area (Å²) in [6.45, 7) is 16.2. The fourth-order valence-electron chi connectivity index (χ4n) is 21.4. The lowest BCUT2D eigenvalue weighted by molar-refractivity contribution is 0.211. The second-order valence-corrected chi connectivity index (χ2v) is 37.1. The number of rotatable bonds is 10. The van der Waals surface area contributed by atoms with Crippen LogP contribution in [0.4, 0.5) is 8.78 Å². The second-order valence-electron chi connectivity index (χ2n) is 37.1. The van der Waals surface area contributed by atoms with Gasteiger partial charge in [-0.2, -0.15) is 25.5 Å². The summed E-state index contributed by atoms with van der Waals surface area (Å²) in [4.78, 5) is 98.0. The van der Waals surface area contributed by atoms with Crippen molar-refractivity contribution in [3.05, 3.63) is 241 Å². The van der Waals surface area contributed by atoms with Crippen LogP contribution in [0.25, 0.3) is 131 Å². The quantitative estimate of drug-likeness (QED) is 0.0614. The summed E-state index contributed by atoms with van der Waals surface area (Å²) in [6, 6.07) is 39.9. The molecule has 6 aliphatic rings. The molecule has 32 heteroatoms. The average molecular weight is 1800 g/mol. The number of likely N-dealkylation sites (tertiary alicyclic amines) is 3. The number of aromatic amines is 6. The summed E-state index contributed by atoms with van der Waals surface area (Å²) in [6.07, 6.45) is 15.3. The standard InChI is InChI=1S/C19H24N4O.C18H21FN4O.C17H19FN4O.2C16H18N4O.C15H15N3O2/c1-3-10-23-11-8-13(9-12-23)17-16-14-6-4-5-7-15(14)19(24)20-18(16)22(2)21-17;1-22-7-5-11(6-8-22)9-15-16-13-4-3-12(19)10-14(13)18(24)20-17(16)23(2)21-15;1-22-16-15(14(21-22)8-10-4-6-19-7-5-10)12-3-2-11(18)9-13(12)17(23)20-16;1-19-8-7-10(9-19)14-13-11-5-3-4-6-12(11)16(21)17-15(13)20(2)18-14;1-20-15-13(14(19-20)10-6-8-17-9-7-10)11-4-2-3-5-12(11)16(21)18-15;19-14-11-4-2-1-3-10(11)12-13(18-20-15(12)17-14)9-5-7-16-8-6-9/h4-7,13H,3,8-12H2,1-2H3,(H,20,24);3-4,10-11H,5-9H2,1-2H3,(H,20,24);2-3,9-10,19H,4-8H2,1H3,(H,20,23);3-6,10H,7-9H2,1-2H3,(H,17,21);2-5,10,17H,6-9H2,1H3,(H,18,21);1-4,9,16H,5-8H2,(H,17,19). The first-order valence-electron chi connectivity index (χ1n) is 47.0. The molecule has 9 N–H and O–H groups in total. The minimum absolute atomic E-state index is 0.0367. The first-order chi connectivity index (χ1) is 64.6. The minimum Gasteiger partial charge on any atom is -0.337 e. The van der Waals surface area contributed by atoms with E-state index in [0.29, 0.717) is 68.7 Å². The molecule has 6 fully saturated rings. The molecule has 6 aliphatic heterocycles. The molecule has 6 saturated heterocycles. The predicted molar refractivity (Wildman–Crippen MR) is 523 cm³/mol. The highest BCUT2D eigenvalue weighted by atomic mass is 19.1. The smallest absolute Gasteiger partial charge is 0.258 e. The third-order valence-electron chi connectivity index (χ3n) is 28.3. The topological polar surface area (TPSA) is 358 Å². The zero-order chi connectivity index (χ0) is 92.0. The van der Waals surface area contributed by atoms with E-state index in [0.717, 1.165) is 294 Å². The maximum Gasteiger partial charge on any atom is 0.258 e. The molecule has 0 radical (unpaired) electrons. The van der Waals surface area contributed by atoms with Gasteiger partial charge in [0.2, 0.25) is 5.71 Å². The molecule has 0 saturated carbocycles. The molecule has 133 heavy (non-hydrogen) atoms. The van der Waals surface area contributed by atoms with Crippen LogP contribution in [0.3, 0.4) is 0 Å². The van der Waals surface area contributed by atoms with E-state index in [9.17, 15) is 37.5 Å². The Bertz CT molecular complexity index is 7650. The molecule has 690 valence electrons. The van der Waals surface area contributed by atoms with E-state index in [1.54, 1.807) is 30.9 Å². The fourth-order valence-corrected chi connectivity index (χ4v) is 21.4. The summed E-state index contributed by atoms with van der Waals surface area (Å²) < 4.78 is 41.3. The molecule has 0 bridgehead atoms. The Kier molecular flexibility index (Phi) is 25.7. The van der Waals surface area contributed by atoms with Gasteiger partial charge in [0, 0.05) is 146 Å². The van der Waals surface area contributed by atoms with Crippen molar-refractivity contribution in [2.24, 2.45) is 47.1 Å². The van der Waals surface area contributed by atoms with Gasteiger partial charge in [0.1, 0.15) is 39.9 Å². The van der Waals surface area contributed by atoms with Gasteiger partial charge in [0.05, 0.1) is 50.3 Å². The van der Waals surface area contributed by atoms with Crippen molar-refractivity contribution in [2.75, 3.05) is 99.2 Å². The number of nitrogens with one attached hydrogen (secondary N) is 9. The van der Waals surface area contributed by atoms with Gasteiger partial charge in [-0.05, 0) is 243 Å². The maximum atomic E-state index is 13.6. The average Bonchev–Trinajstić information content (AvgIpc) is 1.66. The van der Waals surface area contributed by atoms with Crippen molar-refractivity contribution in [2.45, 2.75) is 120 Å². The Balaban J connectivity index is 0.000000103. The number of likely N-dealkylation sites (N-methyl/N-ethyl adjacent to an activating group) is 1. The molecule has 0 spiro atoms.